The second-order valence-corrected chi connectivity index (χ2v) is 8.15. The van der Waals surface area contributed by atoms with E-state index in [4.69, 9.17) is 9.72 Å². The molecule has 0 radical (unpaired) electrons. The van der Waals surface area contributed by atoms with Gasteiger partial charge in [0.15, 0.2) is 5.16 Å². The summed E-state index contributed by atoms with van der Waals surface area (Å²) in [5, 5.41) is 0.525. The summed E-state index contributed by atoms with van der Waals surface area (Å²) in [7, 11) is 1.86. The molecule has 6 nitrogen and oxygen atoms in total. The van der Waals surface area contributed by atoms with E-state index < -0.39 is 0 Å². The van der Waals surface area contributed by atoms with E-state index in [9.17, 15) is 9.59 Å². The molecule has 0 N–H and O–H groups in total. The van der Waals surface area contributed by atoms with Crippen LogP contribution in [0.3, 0.4) is 0 Å². The summed E-state index contributed by atoms with van der Waals surface area (Å²) in [6, 6.07) is 9.79. The van der Waals surface area contributed by atoms with Gasteiger partial charge in [-0.25, -0.2) is 4.98 Å². The molecule has 0 unspecified atom stereocenters. The van der Waals surface area contributed by atoms with E-state index in [0.29, 0.717) is 16.2 Å². The number of carbonyl (C=O) groups is 1. The number of fused-ring (bicyclic) bond motifs is 1. The number of hydrogen-bond acceptors (Lipinski definition) is 5. The molecule has 0 bridgehead atoms. The second-order valence-electron chi connectivity index (χ2n) is 7.21. The molecule has 7 heteroatoms. The Bertz CT molecular complexity index is 1050. The van der Waals surface area contributed by atoms with Crippen LogP contribution in [0, 0.1) is 0 Å². The number of rotatable bonds is 6. The zero-order valence-electron chi connectivity index (χ0n) is 16.8. The molecule has 0 amide bonds. The Hall–Kier alpha value is -2.54. The van der Waals surface area contributed by atoms with Crippen molar-refractivity contribution in [3.63, 3.8) is 0 Å². The van der Waals surface area contributed by atoms with Crippen molar-refractivity contribution in [1.82, 2.24) is 14.1 Å². The van der Waals surface area contributed by atoms with Gasteiger partial charge in [-0.15, -0.1) is 0 Å². The average molecular weight is 400 g/mol. The topological polar surface area (TPSA) is 66.1 Å². The van der Waals surface area contributed by atoms with Crippen LogP contribution in [0.2, 0.25) is 0 Å². The van der Waals surface area contributed by atoms with E-state index >= 15 is 0 Å². The van der Waals surface area contributed by atoms with Gasteiger partial charge in [0.05, 0.1) is 11.9 Å². The van der Waals surface area contributed by atoms with E-state index in [2.05, 4.69) is 0 Å². The summed E-state index contributed by atoms with van der Waals surface area (Å²) < 4.78 is 8.68. The van der Waals surface area contributed by atoms with Crippen molar-refractivity contribution < 1.29 is 9.53 Å². The molecule has 28 heavy (non-hydrogen) atoms. The fourth-order valence-corrected chi connectivity index (χ4v) is 4.04. The lowest BCUT2D eigenvalue weighted by atomic mass is 10.1. The Labute approximate surface area is 168 Å². The van der Waals surface area contributed by atoms with E-state index in [1.807, 2.05) is 75.8 Å². The smallest absolute Gasteiger partial charge is 0.316 e. The normalized spacial score (nSPS) is 11.5. The molecule has 2 heterocycles. The van der Waals surface area contributed by atoms with Crippen molar-refractivity contribution >= 4 is 28.8 Å². The maximum Gasteiger partial charge on any atom is 0.316 e. The second kappa shape index (κ2) is 8.22. The number of aryl methyl sites for hydroxylation is 1. The minimum absolute atomic E-state index is 0.0805. The van der Waals surface area contributed by atoms with Crippen LogP contribution in [0.5, 0.6) is 0 Å². The third-order valence-corrected chi connectivity index (χ3v) is 5.20. The van der Waals surface area contributed by atoms with E-state index in [-0.39, 0.29) is 29.4 Å². The van der Waals surface area contributed by atoms with Crippen molar-refractivity contribution in [2.45, 2.75) is 45.0 Å². The predicted octanol–water partition coefficient (Wildman–Crippen LogP) is 4.03. The van der Waals surface area contributed by atoms with Crippen LogP contribution in [0.15, 0.2) is 46.5 Å². The molecule has 0 aliphatic carbocycles. The van der Waals surface area contributed by atoms with Gasteiger partial charge in [-0.2, -0.15) is 0 Å². The molecule has 0 saturated carbocycles. The quantitative estimate of drug-likeness (QED) is 0.356. The molecule has 1 aromatic carbocycles. The van der Waals surface area contributed by atoms with Gasteiger partial charge in [-0.05, 0) is 33.3 Å². The zero-order valence-corrected chi connectivity index (χ0v) is 17.6. The molecule has 0 saturated heterocycles. The van der Waals surface area contributed by atoms with Crippen LogP contribution < -0.4 is 5.56 Å². The van der Waals surface area contributed by atoms with Crippen molar-refractivity contribution in [3.05, 3.63) is 46.9 Å². The van der Waals surface area contributed by atoms with Gasteiger partial charge in [-0.3, -0.25) is 14.2 Å². The van der Waals surface area contributed by atoms with Gasteiger partial charge >= 0.3 is 5.97 Å². The first-order valence-electron chi connectivity index (χ1n) is 9.28. The highest BCUT2D eigenvalue weighted by atomic mass is 32.2. The molecule has 148 valence electrons. The fourth-order valence-electron chi connectivity index (χ4n) is 3.14. The standard InChI is InChI=1S/C21H25N3O3S/c1-13(2)24-20(26)19-18(22-21(24)28-12-17(25)27-14(3)4)16(11-23(19)5)15-9-7-6-8-10-15/h6-11,13-14H,12H2,1-5H3. The van der Waals surface area contributed by atoms with Crippen LogP contribution in [-0.4, -0.2) is 31.9 Å². The molecular formula is C21H25N3O3S. The third-order valence-electron chi connectivity index (χ3n) is 4.28. The van der Waals surface area contributed by atoms with Crippen LogP contribution >= 0.6 is 11.8 Å². The lowest BCUT2D eigenvalue weighted by Gasteiger charge is -2.16. The van der Waals surface area contributed by atoms with Gasteiger partial charge in [0.1, 0.15) is 11.0 Å². The summed E-state index contributed by atoms with van der Waals surface area (Å²) in [6.45, 7) is 7.50. The van der Waals surface area contributed by atoms with Gasteiger partial charge in [0, 0.05) is 24.8 Å². The van der Waals surface area contributed by atoms with Crippen molar-refractivity contribution in [1.29, 1.82) is 0 Å². The summed E-state index contributed by atoms with van der Waals surface area (Å²) in [5.41, 5.74) is 3.00. The van der Waals surface area contributed by atoms with E-state index in [1.165, 1.54) is 11.8 Å². The number of aromatic nitrogens is 3. The molecule has 0 aliphatic rings. The molecule has 0 fully saturated rings. The van der Waals surface area contributed by atoms with Crippen LogP contribution in [0.25, 0.3) is 22.2 Å². The number of esters is 1. The largest absolute Gasteiger partial charge is 0.462 e. The summed E-state index contributed by atoms with van der Waals surface area (Å²) in [5.74, 6) is -0.211. The first-order chi connectivity index (χ1) is 13.3. The number of hydrogen-bond donors (Lipinski definition) is 0. The molecule has 3 aromatic rings. The Kier molecular flexibility index (Phi) is 5.93. The van der Waals surface area contributed by atoms with E-state index in [0.717, 1.165) is 11.1 Å². The lowest BCUT2D eigenvalue weighted by Crippen LogP contribution is -2.26. The molecule has 3 rings (SSSR count). The number of carbonyl (C=O) groups excluding carboxylic acids is 1. The van der Waals surface area contributed by atoms with Crippen molar-refractivity contribution in [2.24, 2.45) is 7.05 Å². The molecule has 0 atom stereocenters. The Balaban J connectivity index is 2.13. The minimum Gasteiger partial charge on any atom is -0.462 e. The Morgan fingerprint density at radius 2 is 1.86 bits per heavy atom. The maximum absolute atomic E-state index is 13.3. The number of thioether (sulfide) groups is 1. The van der Waals surface area contributed by atoms with Crippen LogP contribution in [0.4, 0.5) is 0 Å². The maximum atomic E-state index is 13.3. The Morgan fingerprint density at radius 1 is 1.18 bits per heavy atom. The third kappa shape index (κ3) is 3.99. The minimum atomic E-state index is -0.319. The molecule has 0 spiro atoms. The average Bonchev–Trinajstić information content (AvgIpc) is 2.96. The van der Waals surface area contributed by atoms with Crippen LogP contribution in [-0.2, 0) is 16.6 Å². The highest BCUT2D eigenvalue weighted by Gasteiger charge is 2.21. The van der Waals surface area contributed by atoms with Crippen molar-refractivity contribution in [3.8, 4) is 11.1 Å². The number of benzene rings is 1. The van der Waals surface area contributed by atoms with Gasteiger partial charge < -0.3 is 9.30 Å². The highest BCUT2D eigenvalue weighted by Crippen LogP contribution is 2.30. The summed E-state index contributed by atoms with van der Waals surface area (Å²) in [4.78, 5) is 30.0. The fraction of sp³-hybridized carbons (Fsp3) is 0.381. The Morgan fingerprint density at radius 3 is 2.46 bits per heavy atom. The van der Waals surface area contributed by atoms with E-state index in [1.54, 1.807) is 4.57 Å². The van der Waals surface area contributed by atoms with Gasteiger partial charge in [-0.1, -0.05) is 42.1 Å². The van der Waals surface area contributed by atoms with Gasteiger partial charge in [0.2, 0.25) is 0 Å². The van der Waals surface area contributed by atoms with Crippen LogP contribution in [0.1, 0.15) is 33.7 Å². The monoisotopic (exact) mass is 399 g/mol. The zero-order chi connectivity index (χ0) is 20.4. The molecular weight excluding hydrogens is 374 g/mol. The SMILES string of the molecule is CC(C)OC(=O)CSc1nc2c(-c3ccccc3)cn(C)c2c(=O)n1C(C)C. The molecule has 2 aromatic heterocycles. The first-order valence-corrected chi connectivity index (χ1v) is 10.3. The highest BCUT2D eigenvalue weighted by molar-refractivity contribution is 7.99. The van der Waals surface area contributed by atoms with Crippen molar-refractivity contribution in [2.75, 3.05) is 5.75 Å². The summed E-state index contributed by atoms with van der Waals surface area (Å²) >= 11 is 1.24. The molecule has 0 aliphatic heterocycles. The first kappa shape index (κ1) is 20.2. The van der Waals surface area contributed by atoms with Gasteiger partial charge in [0.25, 0.3) is 5.56 Å². The lowest BCUT2D eigenvalue weighted by molar-refractivity contribution is -0.144. The predicted molar refractivity (Wildman–Crippen MR) is 113 cm³/mol. The summed E-state index contributed by atoms with van der Waals surface area (Å²) in [6.07, 6.45) is 1.76. The number of nitrogens with zero attached hydrogens (tertiary/aromatic N) is 3. The number of ether oxygens (including phenoxy) is 1.